The molecule has 0 saturated carbocycles. The minimum Gasteiger partial charge on any atom is -0.497 e. The first-order valence-corrected chi connectivity index (χ1v) is 4.92. The first kappa shape index (κ1) is 10.6. The summed E-state index contributed by atoms with van der Waals surface area (Å²) in [6.07, 6.45) is 0.456. The molecule has 16 heavy (non-hydrogen) atoms. The molecule has 0 fully saturated rings. The summed E-state index contributed by atoms with van der Waals surface area (Å²) < 4.78 is 10.5. The molecule has 2 rings (SSSR count). The van der Waals surface area contributed by atoms with Gasteiger partial charge in [0.2, 0.25) is 0 Å². The number of hydrogen-bond acceptors (Lipinski definition) is 5. The fraction of sp³-hybridized carbons (Fsp3) is 0.273. The van der Waals surface area contributed by atoms with E-state index in [4.69, 9.17) is 14.9 Å². The first-order valence-electron chi connectivity index (χ1n) is 4.92. The van der Waals surface area contributed by atoms with Crippen molar-refractivity contribution in [3.05, 3.63) is 34.4 Å². The number of nitrogens with zero attached hydrogens (tertiary/aromatic N) is 1. The van der Waals surface area contributed by atoms with E-state index < -0.39 is 0 Å². The van der Waals surface area contributed by atoms with Crippen LogP contribution in [0.25, 0.3) is 11.0 Å². The summed E-state index contributed by atoms with van der Waals surface area (Å²) in [5.41, 5.74) is 5.57. The molecular formula is C11H12N2O3. The highest BCUT2D eigenvalue weighted by Gasteiger charge is 2.06. The molecule has 5 heteroatoms. The normalized spacial score (nSPS) is 10.6. The molecule has 2 N–H and O–H groups in total. The molecule has 84 valence electrons. The Bertz CT molecular complexity index is 563. The van der Waals surface area contributed by atoms with Gasteiger partial charge in [-0.05, 0) is 18.2 Å². The van der Waals surface area contributed by atoms with Gasteiger partial charge in [-0.3, -0.25) is 4.79 Å². The fourth-order valence-corrected chi connectivity index (χ4v) is 1.45. The van der Waals surface area contributed by atoms with Crippen LogP contribution in [0.3, 0.4) is 0 Å². The van der Waals surface area contributed by atoms with E-state index in [9.17, 15) is 4.79 Å². The van der Waals surface area contributed by atoms with Crippen LogP contribution in [0.4, 0.5) is 0 Å². The number of rotatable bonds is 3. The molecule has 0 saturated heterocycles. The maximum Gasteiger partial charge on any atom is 0.283 e. The molecule has 0 radical (unpaired) electrons. The van der Waals surface area contributed by atoms with Crippen LogP contribution in [0.2, 0.25) is 0 Å². The molecule has 0 unspecified atom stereocenters. The maximum absolute atomic E-state index is 11.7. The summed E-state index contributed by atoms with van der Waals surface area (Å²) in [6, 6.07) is 5.04. The van der Waals surface area contributed by atoms with Crippen molar-refractivity contribution in [3.8, 4) is 5.75 Å². The van der Waals surface area contributed by atoms with Crippen molar-refractivity contribution in [3.63, 3.8) is 0 Å². The number of aromatic nitrogens is 1. The Hall–Kier alpha value is -1.88. The van der Waals surface area contributed by atoms with Gasteiger partial charge in [0.15, 0.2) is 5.89 Å². The quantitative estimate of drug-likeness (QED) is 0.823. The minimum absolute atomic E-state index is 0.316. The third-order valence-electron chi connectivity index (χ3n) is 2.23. The SMILES string of the molecule is COc1ccc2oc(CCN)nc(=O)c2c1. The van der Waals surface area contributed by atoms with Crippen LogP contribution in [0, 0.1) is 0 Å². The van der Waals surface area contributed by atoms with E-state index >= 15 is 0 Å². The van der Waals surface area contributed by atoms with Gasteiger partial charge in [-0.1, -0.05) is 0 Å². The maximum atomic E-state index is 11.7. The topological polar surface area (TPSA) is 78.3 Å². The third kappa shape index (κ3) is 1.90. The standard InChI is InChI=1S/C11H12N2O3/c1-15-7-2-3-9-8(6-7)11(14)13-10(16-9)4-5-12/h2-3,6H,4-5,12H2,1H3. The Balaban J connectivity index is 2.62. The molecule has 1 aromatic carbocycles. The lowest BCUT2D eigenvalue weighted by Gasteiger charge is -2.02. The molecular weight excluding hydrogens is 208 g/mol. The van der Waals surface area contributed by atoms with Crippen LogP contribution in [-0.2, 0) is 6.42 Å². The van der Waals surface area contributed by atoms with E-state index in [-0.39, 0.29) is 5.56 Å². The van der Waals surface area contributed by atoms with Gasteiger partial charge in [0.05, 0.1) is 12.5 Å². The smallest absolute Gasteiger partial charge is 0.283 e. The van der Waals surface area contributed by atoms with Crippen LogP contribution in [0.15, 0.2) is 27.4 Å². The lowest BCUT2D eigenvalue weighted by molar-refractivity contribution is 0.414. The van der Waals surface area contributed by atoms with Gasteiger partial charge in [0.25, 0.3) is 5.56 Å². The van der Waals surface area contributed by atoms with E-state index in [1.165, 1.54) is 0 Å². The van der Waals surface area contributed by atoms with Crippen molar-refractivity contribution < 1.29 is 9.15 Å². The van der Waals surface area contributed by atoms with Crippen molar-refractivity contribution in [2.24, 2.45) is 5.73 Å². The highest BCUT2D eigenvalue weighted by atomic mass is 16.5. The average molecular weight is 220 g/mol. The lowest BCUT2D eigenvalue weighted by Crippen LogP contribution is -2.12. The van der Waals surface area contributed by atoms with Gasteiger partial charge in [-0.15, -0.1) is 0 Å². The zero-order valence-electron chi connectivity index (χ0n) is 8.90. The number of hydrogen-bond donors (Lipinski definition) is 1. The van der Waals surface area contributed by atoms with Crippen LogP contribution in [-0.4, -0.2) is 18.6 Å². The second-order valence-electron chi connectivity index (χ2n) is 3.31. The zero-order valence-corrected chi connectivity index (χ0v) is 8.90. The van der Waals surface area contributed by atoms with Gasteiger partial charge in [0, 0.05) is 13.0 Å². The Kier molecular flexibility index (Phi) is 2.87. The molecule has 5 nitrogen and oxygen atoms in total. The van der Waals surface area contributed by atoms with Crippen molar-refractivity contribution >= 4 is 11.0 Å². The molecule has 0 aliphatic rings. The molecule has 0 atom stereocenters. The largest absolute Gasteiger partial charge is 0.497 e. The Morgan fingerprint density at radius 2 is 2.31 bits per heavy atom. The summed E-state index contributed by atoms with van der Waals surface area (Å²) >= 11 is 0. The predicted octanol–water partition coefficient (Wildman–Crippen LogP) is 0.698. The molecule has 0 spiro atoms. The molecule has 0 aliphatic carbocycles. The van der Waals surface area contributed by atoms with E-state index in [0.29, 0.717) is 35.6 Å². The average Bonchev–Trinajstić information content (AvgIpc) is 2.29. The molecule has 0 aliphatic heterocycles. The van der Waals surface area contributed by atoms with Gasteiger partial charge in [0.1, 0.15) is 11.3 Å². The van der Waals surface area contributed by atoms with Crippen molar-refractivity contribution in [2.75, 3.05) is 13.7 Å². The number of nitrogens with two attached hydrogens (primary N) is 1. The number of fused-ring (bicyclic) bond motifs is 1. The molecule has 1 heterocycles. The summed E-state index contributed by atoms with van der Waals surface area (Å²) in [5, 5.41) is 0.417. The summed E-state index contributed by atoms with van der Waals surface area (Å²) in [6.45, 7) is 0.400. The number of ether oxygens (including phenoxy) is 1. The summed E-state index contributed by atoms with van der Waals surface area (Å²) in [4.78, 5) is 15.5. The highest BCUT2D eigenvalue weighted by molar-refractivity contribution is 5.77. The fourth-order valence-electron chi connectivity index (χ4n) is 1.45. The number of benzene rings is 1. The van der Waals surface area contributed by atoms with Gasteiger partial charge in [-0.25, -0.2) is 0 Å². The van der Waals surface area contributed by atoms with Gasteiger partial charge < -0.3 is 14.9 Å². The van der Waals surface area contributed by atoms with Gasteiger partial charge in [-0.2, -0.15) is 4.98 Å². The van der Waals surface area contributed by atoms with Crippen LogP contribution < -0.4 is 16.0 Å². The van der Waals surface area contributed by atoms with Gasteiger partial charge >= 0.3 is 0 Å². The zero-order chi connectivity index (χ0) is 11.5. The van der Waals surface area contributed by atoms with E-state index in [1.807, 2.05) is 0 Å². The first-order chi connectivity index (χ1) is 7.74. The number of methoxy groups -OCH3 is 1. The third-order valence-corrected chi connectivity index (χ3v) is 2.23. The van der Waals surface area contributed by atoms with E-state index in [1.54, 1.807) is 25.3 Å². The van der Waals surface area contributed by atoms with E-state index in [2.05, 4.69) is 4.98 Å². The van der Waals surface area contributed by atoms with Crippen molar-refractivity contribution in [1.29, 1.82) is 0 Å². The molecule has 1 aromatic heterocycles. The second-order valence-corrected chi connectivity index (χ2v) is 3.31. The minimum atomic E-state index is -0.316. The highest BCUT2D eigenvalue weighted by Crippen LogP contribution is 2.18. The Morgan fingerprint density at radius 3 is 3.00 bits per heavy atom. The monoisotopic (exact) mass is 220 g/mol. The van der Waals surface area contributed by atoms with Crippen LogP contribution in [0.5, 0.6) is 5.75 Å². The van der Waals surface area contributed by atoms with Crippen molar-refractivity contribution in [1.82, 2.24) is 4.98 Å². The second kappa shape index (κ2) is 4.32. The Labute approximate surface area is 91.8 Å². The Morgan fingerprint density at radius 1 is 1.50 bits per heavy atom. The van der Waals surface area contributed by atoms with Crippen molar-refractivity contribution in [2.45, 2.75) is 6.42 Å². The van der Waals surface area contributed by atoms with E-state index in [0.717, 1.165) is 0 Å². The molecule has 0 amide bonds. The summed E-state index contributed by atoms with van der Waals surface area (Å²) in [5.74, 6) is 0.971. The molecule has 0 bridgehead atoms. The van der Waals surface area contributed by atoms with Crippen LogP contribution in [0.1, 0.15) is 5.89 Å². The molecule has 2 aromatic rings. The van der Waals surface area contributed by atoms with Crippen LogP contribution >= 0.6 is 0 Å². The summed E-state index contributed by atoms with van der Waals surface area (Å²) in [7, 11) is 1.54. The predicted molar refractivity (Wildman–Crippen MR) is 59.6 cm³/mol. The lowest BCUT2D eigenvalue weighted by atomic mass is 10.2.